The van der Waals surface area contributed by atoms with Crippen molar-refractivity contribution in [1.82, 2.24) is 9.97 Å². The molecule has 0 bridgehead atoms. The van der Waals surface area contributed by atoms with Crippen molar-refractivity contribution in [3.05, 3.63) is 51.5 Å². The molecule has 23 heavy (non-hydrogen) atoms. The van der Waals surface area contributed by atoms with Crippen LogP contribution in [0.15, 0.2) is 36.4 Å². The lowest BCUT2D eigenvalue weighted by atomic mass is 10.1. The summed E-state index contributed by atoms with van der Waals surface area (Å²) in [6.45, 7) is 0. The maximum Gasteiger partial charge on any atom is 0.259 e. The molecule has 114 valence electrons. The van der Waals surface area contributed by atoms with E-state index in [1.165, 1.54) is 16.2 Å². The highest BCUT2D eigenvalue weighted by Gasteiger charge is 2.15. The highest BCUT2D eigenvalue weighted by molar-refractivity contribution is 7.73. The van der Waals surface area contributed by atoms with E-state index in [1.807, 2.05) is 6.07 Å². The van der Waals surface area contributed by atoms with Gasteiger partial charge in [0.05, 0.1) is 18.0 Å². The Kier molecular flexibility index (Phi) is 4.19. The van der Waals surface area contributed by atoms with Crippen molar-refractivity contribution in [1.29, 1.82) is 5.26 Å². The van der Waals surface area contributed by atoms with Gasteiger partial charge < -0.3 is 4.98 Å². The Morgan fingerprint density at radius 1 is 1.35 bits per heavy atom. The van der Waals surface area contributed by atoms with E-state index in [0.29, 0.717) is 21.8 Å². The van der Waals surface area contributed by atoms with Crippen LogP contribution in [0.3, 0.4) is 0 Å². The summed E-state index contributed by atoms with van der Waals surface area (Å²) in [5, 5.41) is 8.68. The smallest absolute Gasteiger partial charge is 0.259 e. The zero-order valence-corrected chi connectivity index (χ0v) is 13.9. The van der Waals surface area contributed by atoms with Crippen molar-refractivity contribution in [2.24, 2.45) is 0 Å². The van der Waals surface area contributed by atoms with E-state index < -0.39 is 0 Å². The molecule has 0 aliphatic carbocycles. The summed E-state index contributed by atoms with van der Waals surface area (Å²) in [4.78, 5) is 22.3. The highest BCUT2D eigenvalue weighted by Crippen LogP contribution is 2.22. The molecule has 5 nitrogen and oxygen atoms in total. The van der Waals surface area contributed by atoms with Gasteiger partial charge in [-0.2, -0.15) is 5.26 Å². The van der Waals surface area contributed by atoms with E-state index in [2.05, 4.69) is 16.0 Å². The molecule has 3 aromatic rings. The zero-order chi connectivity index (χ0) is 16.4. The van der Waals surface area contributed by atoms with E-state index in [-0.39, 0.29) is 5.91 Å². The molecule has 2 heterocycles. The third-order valence-corrected chi connectivity index (χ3v) is 4.55. The number of amides is 1. The molecular formula is C16H12N4OS2. The van der Waals surface area contributed by atoms with Gasteiger partial charge in [-0.05, 0) is 42.0 Å². The van der Waals surface area contributed by atoms with Gasteiger partial charge in [0.2, 0.25) is 0 Å². The minimum absolute atomic E-state index is 0.153. The van der Waals surface area contributed by atoms with Gasteiger partial charge in [-0.1, -0.05) is 23.5 Å². The van der Waals surface area contributed by atoms with Gasteiger partial charge >= 0.3 is 0 Å². The number of aromatic amines is 1. The fourth-order valence-corrected chi connectivity index (χ4v) is 3.22. The first-order valence-electron chi connectivity index (χ1n) is 6.82. The van der Waals surface area contributed by atoms with Crippen molar-refractivity contribution in [3.8, 4) is 6.07 Å². The van der Waals surface area contributed by atoms with Gasteiger partial charge in [0.15, 0.2) is 3.95 Å². The van der Waals surface area contributed by atoms with E-state index in [0.717, 1.165) is 15.9 Å². The maximum atomic E-state index is 12.6. The van der Waals surface area contributed by atoms with Crippen LogP contribution in [0.25, 0.3) is 10.3 Å². The molecule has 0 aliphatic heterocycles. The van der Waals surface area contributed by atoms with Crippen LogP contribution in [0.2, 0.25) is 0 Å². The van der Waals surface area contributed by atoms with Crippen LogP contribution in [0.4, 0.5) is 5.82 Å². The van der Waals surface area contributed by atoms with Gasteiger partial charge in [0.25, 0.3) is 5.91 Å². The number of rotatable bonds is 3. The Morgan fingerprint density at radius 2 is 2.09 bits per heavy atom. The zero-order valence-electron chi connectivity index (χ0n) is 12.2. The summed E-state index contributed by atoms with van der Waals surface area (Å²) < 4.78 is 0.659. The van der Waals surface area contributed by atoms with Crippen LogP contribution in [0, 0.1) is 15.3 Å². The average Bonchev–Trinajstić information content (AvgIpc) is 2.93. The summed E-state index contributed by atoms with van der Waals surface area (Å²) in [7, 11) is 1.69. The van der Waals surface area contributed by atoms with E-state index in [9.17, 15) is 4.79 Å². The molecule has 0 saturated heterocycles. The number of nitrogens with zero attached hydrogens (tertiary/aromatic N) is 3. The van der Waals surface area contributed by atoms with Crippen molar-refractivity contribution >= 4 is 45.6 Å². The Bertz CT molecular complexity index is 966. The highest BCUT2D eigenvalue weighted by atomic mass is 32.1. The van der Waals surface area contributed by atoms with Gasteiger partial charge in [-0.25, -0.2) is 4.98 Å². The van der Waals surface area contributed by atoms with Gasteiger partial charge in [0, 0.05) is 12.6 Å². The monoisotopic (exact) mass is 340 g/mol. The second-order valence-electron chi connectivity index (χ2n) is 4.93. The molecule has 1 aromatic carbocycles. The molecule has 2 aromatic heterocycles. The number of aromatic nitrogens is 2. The number of nitrogens with one attached hydrogen (secondary N) is 1. The van der Waals surface area contributed by atoms with Crippen LogP contribution in [0.5, 0.6) is 0 Å². The second-order valence-corrected chi connectivity index (χ2v) is 6.60. The third kappa shape index (κ3) is 3.13. The van der Waals surface area contributed by atoms with Gasteiger partial charge in [0.1, 0.15) is 10.6 Å². The molecular weight excluding hydrogens is 328 g/mol. The standard InChI is InChI=1S/C16H12N4OS2/c1-20(13-7-6-12-14(19-13)23-16(22)18-12)15(21)11-4-2-10(3-5-11)8-9-17/h2-7H,8H2,1H3,(H,18,22). The second kappa shape index (κ2) is 6.28. The van der Waals surface area contributed by atoms with Crippen LogP contribution in [-0.2, 0) is 6.42 Å². The molecule has 3 rings (SSSR count). The number of thiazole rings is 1. The molecule has 1 amide bonds. The van der Waals surface area contributed by atoms with Crippen molar-refractivity contribution in [2.45, 2.75) is 6.42 Å². The quantitative estimate of drug-likeness (QED) is 0.738. The van der Waals surface area contributed by atoms with Crippen LogP contribution < -0.4 is 4.90 Å². The SMILES string of the molecule is CN(C(=O)c1ccc(CC#N)cc1)c1ccc2[nH]c(=S)sc2n1. The topological polar surface area (TPSA) is 72.8 Å². The largest absolute Gasteiger partial charge is 0.336 e. The average molecular weight is 340 g/mol. The molecule has 0 spiro atoms. The van der Waals surface area contributed by atoms with Crippen molar-refractivity contribution in [2.75, 3.05) is 11.9 Å². The Labute approximate surface area is 141 Å². The molecule has 0 unspecified atom stereocenters. The molecule has 0 saturated carbocycles. The van der Waals surface area contributed by atoms with Crippen LogP contribution in [0.1, 0.15) is 15.9 Å². The summed E-state index contributed by atoms with van der Waals surface area (Å²) in [5.41, 5.74) is 2.31. The number of fused-ring (bicyclic) bond motifs is 1. The summed E-state index contributed by atoms with van der Waals surface area (Å²) >= 11 is 6.48. The Balaban J connectivity index is 1.88. The van der Waals surface area contributed by atoms with E-state index >= 15 is 0 Å². The Morgan fingerprint density at radius 3 is 2.78 bits per heavy atom. The lowest BCUT2D eigenvalue weighted by Gasteiger charge is -2.16. The number of pyridine rings is 1. The number of nitriles is 1. The fraction of sp³-hybridized carbons (Fsp3) is 0.125. The van der Waals surface area contributed by atoms with E-state index in [4.69, 9.17) is 17.5 Å². The maximum absolute atomic E-state index is 12.6. The predicted octanol–water partition coefficient (Wildman–Crippen LogP) is 3.70. The third-order valence-electron chi connectivity index (χ3n) is 3.40. The first kappa shape index (κ1) is 15.3. The van der Waals surface area contributed by atoms with Crippen LogP contribution in [-0.4, -0.2) is 22.9 Å². The van der Waals surface area contributed by atoms with Crippen molar-refractivity contribution < 1.29 is 4.79 Å². The molecule has 0 radical (unpaired) electrons. The minimum Gasteiger partial charge on any atom is -0.336 e. The minimum atomic E-state index is -0.153. The normalized spacial score (nSPS) is 10.4. The molecule has 0 aliphatic rings. The van der Waals surface area contributed by atoms with Gasteiger partial charge in [-0.15, -0.1) is 0 Å². The number of hydrogen-bond acceptors (Lipinski definition) is 5. The lowest BCUT2D eigenvalue weighted by molar-refractivity contribution is 0.0992. The van der Waals surface area contributed by atoms with Crippen molar-refractivity contribution in [3.63, 3.8) is 0 Å². The number of H-pyrrole nitrogens is 1. The molecule has 1 N–H and O–H groups in total. The Hall–Kier alpha value is -2.56. The molecule has 7 heteroatoms. The first-order valence-corrected chi connectivity index (χ1v) is 8.05. The molecule has 0 fully saturated rings. The first-order chi connectivity index (χ1) is 11.1. The summed E-state index contributed by atoms with van der Waals surface area (Å²) in [5.74, 6) is 0.411. The number of benzene rings is 1. The fourth-order valence-electron chi connectivity index (χ4n) is 2.17. The number of carbonyl (C=O) groups excluding carboxylic acids is 1. The number of carbonyl (C=O) groups is 1. The predicted molar refractivity (Wildman–Crippen MR) is 93.3 cm³/mol. The van der Waals surface area contributed by atoms with Gasteiger partial charge in [-0.3, -0.25) is 9.69 Å². The number of anilines is 1. The number of hydrogen-bond donors (Lipinski definition) is 1. The molecule has 0 atom stereocenters. The lowest BCUT2D eigenvalue weighted by Crippen LogP contribution is -2.27. The van der Waals surface area contributed by atoms with Crippen LogP contribution >= 0.6 is 23.6 Å². The summed E-state index contributed by atoms with van der Waals surface area (Å²) in [6, 6.07) is 12.8. The van der Waals surface area contributed by atoms with E-state index in [1.54, 1.807) is 37.4 Å². The summed E-state index contributed by atoms with van der Waals surface area (Å²) in [6.07, 6.45) is 0.334.